The third-order valence-electron chi connectivity index (χ3n) is 4.35. The molecule has 0 bridgehead atoms. The molecular weight excluding hydrogens is 349 g/mol. The fourth-order valence-electron chi connectivity index (χ4n) is 2.97. The van der Waals surface area contributed by atoms with Crippen LogP contribution in [0.5, 0.6) is 5.75 Å². The normalized spacial score (nSPS) is 16.3. The lowest BCUT2D eigenvalue weighted by molar-refractivity contribution is -0.117. The summed E-state index contributed by atoms with van der Waals surface area (Å²) in [6.45, 7) is 4.51. The summed E-state index contributed by atoms with van der Waals surface area (Å²) < 4.78 is 19.0. The summed E-state index contributed by atoms with van der Waals surface area (Å²) in [4.78, 5) is 26.1. The first kappa shape index (κ1) is 18.7. The van der Waals surface area contributed by atoms with Gasteiger partial charge in [-0.2, -0.15) is 0 Å². The Hall–Kier alpha value is -3.09. The van der Waals surface area contributed by atoms with Crippen molar-refractivity contribution in [2.75, 3.05) is 23.4 Å². The molecule has 7 heteroatoms. The number of halogens is 1. The molecule has 0 radical (unpaired) electrons. The quantitative estimate of drug-likeness (QED) is 0.846. The number of amides is 3. The van der Waals surface area contributed by atoms with Gasteiger partial charge < -0.3 is 20.3 Å². The molecule has 2 aromatic rings. The van der Waals surface area contributed by atoms with Crippen LogP contribution in [0.15, 0.2) is 42.5 Å². The highest BCUT2D eigenvalue weighted by molar-refractivity contribution is 5.97. The predicted octanol–water partition coefficient (Wildman–Crippen LogP) is 3.46. The van der Waals surface area contributed by atoms with Crippen LogP contribution in [0.4, 0.5) is 20.6 Å². The Balaban J connectivity index is 1.58. The largest absolute Gasteiger partial charge is 0.494 e. The van der Waals surface area contributed by atoms with Crippen LogP contribution in [0, 0.1) is 12.7 Å². The van der Waals surface area contributed by atoms with Gasteiger partial charge in [-0.1, -0.05) is 6.07 Å². The average molecular weight is 371 g/mol. The SMILES string of the molecule is CCOc1ccc(N2C[C@@H](NC(=O)Nc3ccc(C)c(F)c3)CC2=O)cc1. The van der Waals surface area contributed by atoms with E-state index in [0.29, 0.717) is 24.4 Å². The summed E-state index contributed by atoms with van der Waals surface area (Å²) >= 11 is 0. The van der Waals surface area contributed by atoms with Crippen molar-refractivity contribution in [1.29, 1.82) is 0 Å². The van der Waals surface area contributed by atoms with Crippen molar-refractivity contribution >= 4 is 23.3 Å². The van der Waals surface area contributed by atoms with E-state index in [-0.39, 0.29) is 24.2 Å². The van der Waals surface area contributed by atoms with Crippen molar-refractivity contribution in [2.24, 2.45) is 0 Å². The maximum atomic E-state index is 13.6. The summed E-state index contributed by atoms with van der Waals surface area (Å²) in [7, 11) is 0. The Labute approximate surface area is 157 Å². The third kappa shape index (κ3) is 4.55. The molecule has 6 nitrogen and oxygen atoms in total. The molecule has 1 heterocycles. The molecule has 3 amide bonds. The first-order valence-electron chi connectivity index (χ1n) is 8.83. The van der Waals surface area contributed by atoms with E-state index in [0.717, 1.165) is 11.4 Å². The Bertz CT molecular complexity index is 839. The lowest BCUT2D eigenvalue weighted by atomic mass is 10.2. The molecule has 0 aliphatic carbocycles. The fraction of sp³-hybridized carbons (Fsp3) is 0.300. The van der Waals surface area contributed by atoms with Gasteiger partial charge in [0.05, 0.1) is 12.6 Å². The van der Waals surface area contributed by atoms with Crippen molar-refractivity contribution in [3.63, 3.8) is 0 Å². The summed E-state index contributed by atoms with van der Waals surface area (Å²) in [6, 6.07) is 11.0. The number of carbonyl (C=O) groups excluding carboxylic acids is 2. The maximum Gasteiger partial charge on any atom is 0.319 e. The lowest BCUT2D eigenvalue weighted by Crippen LogP contribution is -2.39. The van der Waals surface area contributed by atoms with E-state index in [2.05, 4.69) is 10.6 Å². The van der Waals surface area contributed by atoms with Gasteiger partial charge in [-0.25, -0.2) is 9.18 Å². The molecule has 2 aromatic carbocycles. The topological polar surface area (TPSA) is 70.7 Å². The number of ether oxygens (including phenoxy) is 1. The van der Waals surface area contributed by atoms with Gasteiger partial charge in [0.25, 0.3) is 0 Å². The van der Waals surface area contributed by atoms with Crippen LogP contribution < -0.4 is 20.3 Å². The summed E-state index contributed by atoms with van der Waals surface area (Å²) in [5, 5.41) is 5.35. The highest BCUT2D eigenvalue weighted by Crippen LogP contribution is 2.24. The second kappa shape index (κ2) is 8.07. The van der Waals surface area contributed by atoms with Crippen molar-refractivity contribution in [1.82, 2.24) is 5.32 Å². The summed E-state index contributed by atoms with van der Waals surface area (Å²) in [6.07, 6.45) is 0.211. The van der Waals surface area contributed by atoms with Gasteiger partial charge in [-0.05, 0) is 55.8 Å². The van der Waals surface area contributed by atoms with Crippen LogP contribution in [0.25, 0.3) is 0 Å². The number of aryl methyl sites for hydroxylation is 1. The molecule has 0 aromatic heterocycles. The second-order valence-electron chi connectivity index (χ2n) is 6.39. The lowest BCUT2D eigenvalue weighted by Gasteiger charge is -2.18. The Morgan fingerprint density at radius 1 is 1.26 bits per heavy atom. The molecule has 1 fully saturated rings. The molecule has 0 saturated carbocycles. The number of carbonyl (C=O) groups is 2. The van der Waals surface area contributed by atoms with Gasteiger partial charge in [-0.15, -0.1) is 0 Å². The van der Waals surface area contributed by atoms with E-state index in [1.807, 2.05) is 31.2 Å². The Morgan fingerprint density at radius 3 is 2.67 bits per heavy atom. The van der Waals surface area contributed by atoms with Gasteiger partial charge in [0, 0.05) is 24.3 Å². The Kier molecular flexibility index (Phi) is 5.59. The predicted molar refractivity (Wildman–Crippen MR) is 102 cm³/mol. The first-order chi connectivity index (χ1) is 13.0. The van der Waals surface area contributed by atoms with Crippen LogP contribution in [0.1, 0.15) is 18.9 Å². The van der Waals surface area contributed by atoms with E-state index in [1.165, 1.54) is 6.07 Å². The Morgan fingerprint density at radius 2 is 2.00 bits per heavy atom. The van der Waals surface area contributed by atoms with Gasteiger partial charge in [-0.3, -0.25) is 4.79 Å². The van der Waals surface area contributed by atoms with E-state index in [4.69, 9.17) is 4.74 Å². The number of rotatable bonds is 5. The monoisotopic (exact) mass is 371 g/mol. The summed E-state index contributed by atoms with van der Waals surface area (Å²) in [5.74, 6) is 0.295. The molecule has 1 saturated heterocycles. The smallest absolute Gasteiger partial charge is 0.319 e. The zero-order valence-corrected chi connectivity index (χ0v) is 15.3. The number of nitrogens with zero attached hydrogens (tertiary/aromatic N) is 1. The second-order valence-corrected chi connectivity index (χ2v) is 6.39. The maximum absolute atomic E-state index is 13.6. The van der Waals surface area contributed by atoms with E-state index in [1.54, 1.807) is 24.0 Å². The third-order valence-corrected chi connectivity index (χ3v) is 4.35. The zero-order valence-electron chi connectivity index (χ0n) is 15.3. The number of nitrogens with one attached hydrogen (secondary N) is 2. The van der Waals surface area contributed by atoms with Crippen LogP contribution in [-0.2, 0) is 4.79 Å². The van der Waals surface area contributed by atoms with E-state index >= 15 is 0 Å². The molecule has 0 unspecified atom stereocenters. The van der Waals surface area contributed by atoms with Crippen LogP contribution in [0.2, 0.25) is 0 Å². The van der Waals surface area contributed by atoms with Crippen molar-refractivity contribution in [2.45, 2.75) is 26.3 Å². The average Bonchev–Trinajstić information content (AvgIpc) is 2.99. The molecule has 1 aliphatic rings. The number of hydrogen-bond donors (Lipinski definition) is 2. The van der Waals surface area contributed by atoms with E-state index in [9.17, 15) is 14.0 Å². The van der Waals surface area contributed by atoms with Gasteiger partial charge in [0.15, 0.2) is 0 Å². The first-order valence-corrected chi connectivity index (χ1v) is 8.83. The van der Waals surface area contributed by atoms with Gasteiger partial charge in [0.1, 0.15) is 11.6 Å². The number of hydrogen-bond acceptors (Lipinski definition) is 3. The molecule has 27 heavy (non-hydrogen) atoms. The number of anilines is 2. The molecule has 2 N–H and O–H groups in total. The van der Waals surface area contributed by atoms with Crippen molar-refractivity contribution in [3.05, 3.63) is 53.8 Å². The molecule has 142 valence electrons. The highest BCUT2D eigenvalue weighted by atomic mass is 19.1. The van der Waals surface area contributed by atoms with Crippen molar-refractivity contribution in [3.8, 4) is 5.75 Å². The van der Waals surface area contributed by atoms with Crippen molar-refractivity contribution < 1.29 is 18.7 Å². The van der Waals surface area contributed by atoms with Crippen LogP contribution in [-0.4, -0.2) is 31.1 Å². The van der Waals surface area contributed by atoms with E-state index < -0.39 is 6.03 Å². The summed E-state index contributed by atoms with van der Waals surface area (Å²) in [5.41, 5.74) is 1.63. The number of urea groups is 1. The minimum Gasteiger partial charge on any atom is -0.494 e. The standard InChI is InChI=1S/C20H22FN3O3/c1-3-27-17-8-6-16(7-9-17)24-12-15(11-19(24)25)23-20(26)22-14-5-4-13(2)18(21)10-14/h4-10,15H,3,11-12H2,1-2H3,(H2,22,23,26)/t15-/m0/s1. The fourth-order valence-corrected chi connectivity index (χ4v) is 2.97. The van der Waals surface area contributed by atoms with Gasteiger partial charge >= 0.3 is 6.03 Å². The minimum atomic E-state index is -0.468. The highest BCUT2D eigenvalue weighted by Gasteiger charge is 2.31. The minimum absolute atomic E-state index is 0.0640. The molecule has 1 aliphatic heterocycles. The molecule has 3 rings (SSSR count). The zero-order chi connectivity index (χ0) is 19.4. The molecule has 0 spiro atoms. The van der Waals surface area contributed by atoms with Crippen LogP contribution >= 0.6 is 0 Å². The van der Waals surface area contributed by atoms with Gasteiger partial charge in [0.2, 0.25) is 5.91 Å². The molecular formula is C20H22FN3O3. The van der Waals surface area contributed by atoms with Crippen LogP contribution in [0.3, 0.4) is 0 Å². The number of benzene rings is 2. The molecule has 1 atom stereocenters.